The molecule has 0 radical (unpaired) electrons. The quantitative estimate of drug-likeness (QED) is 0.736. The molecule has 18 heavy (non-hydrogen) atoms. The van der Waals surface area contributed by atoms with Gasteiger partial charge < -0.3 is 20.1 Å². The van der Waals surface area contributed by atoms with Crippen molar-refractivity contribution in [1.29, 1.82) is 0 Å². The van der Waals surface area contributed by atoms with Crippen LogP contribution in [0.2, 0.25) is 0 Å². The SMILES string of the molecule is CC(C(=O)N1CC(CO)OC(C)(C)C1)C1CNC1. The Labute approximate surface area is 108 Å². The van der Waals surface area contributed by atoms with Gasteiger partial charge in [0.2, 0.25) is 5.91 Å². The summed E-state index contributed by atoms with van der Waals surface area (Å²) in [5.41, 5.74) is -0.376. The molecule has 104 valence electrons. The smallest absolute Gasteiger partial charge is 0.225 e. The summed E-state index contributed by atoms with van der Waals surface area (Å²) in [6, 6.07) is 0. The van der Waals surface area contributed by atoms with Gasteiger partial charge in [-0.05, 0) is 32.9 Å². The van der Waals surface area contributed by atoms with E-state index in [4.69, 9.17) is 4.74 Å². The first-order valence-corrected chi connectivity index (χ1v) is 6.71. The zero-order valence-electron chi connectivity index (χ0n) is 11.5. The second kappa shape index (κ2) is 5.15. The van der Waals surface area contributed by atoms with Crippen molar-refractivity contribution in [3.05, 3.63) is 0 Å². The number of amides is 1. The molecule has 0 saturated carbocycles. The minimum absolute atomic E-state index is 0.0351. The van der Waals surface area contributed by atoms with Crippen molar-refractivity contribution in [3.8, 4) is 0 Å². The molecular weight excluding hydrogens is 232 g/mol. The third-order valence-electron chi connectivity index (χ3n) is 3.91. The van der Waals surface area contributed by atoms with Crippen molar-refractivity contribution < 1.29 is 14.6 Å². The minimum atomic E-state index is -0.376. The van der Waals surface area contributed by atoms with Crippen LogP contribution in [-0.2, 0) is 9.53 Å². The van der Waals surface area contributed by atoms with E-state index in [1.165, 1.54) is 0 Å². The molecule has 2 saturated heterocycles. The van der Waals surface area contributed by atoms with Crippen molar-refractivity contribution in [3.63, 3.8) is 0 Å². The summed E-state index contributed by atoms with van der Waals surface area (Å²) in [5, 5.41) is 12.5. The number of aliphatic hydroxyl groups is 1. The number of carbonyl (C=O) groups is 1. The summed E-state index contributed by atoms with van der Waals surface area (Å²) in [6.07, 6.45) is -0.260. The monoisotopic (exact) mass is 256 g/mol. The molecule has 2 heterocycles. The molecular formula is C13H24N2O3. The molecule has 2 N–H and O–H groups in total. The van der Waals surface area contributed by atoms with Gasteiger partial charge in [-0.15, -0.1) is 0 Å². The van der Waals surface area contributed by atoms with Crippen LogP contribution in [-0.4, -0.2) is 60.4 Å². The number of carbonyl (C=O) groups excluding carboxylic acids is 1. The van der Waals surface area contributed by atoms with Crippen molar-refractivity contribution in [2.24, 2.45) is 11.8 Å². The second-order valence-corrected chi connectivity index (χ2v) is 6.11. The summed E-state index contributed by atoms with van der Waals surface area (Å²) < 4.78 is 5.73. The van der Waals surface area contributed by atoms with Crippen LogP contribution in [0, 0.1) is 11.8 Å². The Balaban J connectivity index is 1.99. The first-order chi connectivity index (χ1) is 8.43. The highest BCUT2D eigenvalue weighted by Gasteiger charge is 2.39. The Morgan fingerprint density at radius 3 is 2.72 bits per heavy atom. The third kappa shape index (κ3) is 2.84. The molecule has 2 fully saturated rings. The zero-order valence-corrected chi connectivity index (χ0v) is 11.5. The largest absolute Gasteiger partial charge is 0.394 e. The van der Waals surface area contributed by atoms with Gasteiger partial charge in [-0.25, -0.2) is 0 Å². The van der Waals surface area contributed by atoms with Crippen LogP contribution in [0.4, 0.5) is 0 Å². The van der Waals surface area contributed by atoms with Gasteiger partial charge in [0.05, 0.1) is 18.3 Å². The average molecular weight is 256 g/mol. The molecule has 5 heteroatoms. The molecule has 2 aliphatic rings. The van der Waals surface area contributed by atoms with Crippen LogP contribution in [0.1, 0.15) is 20.8 Å². The summed E-state index contributed by atoms with van der Waals surface area (Å²) in [6.45, 7) is 8.87. The Morgan fingerprint density at radius 1 is 1.56 bits per heavy atom. The number of morpholine rings is 1. The van der Waals surface area contributed by atoms with Gasteiger partial charge in [0, 0.05) is 19.0 Å². The van der Waals surface area contributed by atoms with Crippen LogP contribution in [0.3, 0.4) is 0 Å². The molecule has 2 atom stereocenters. The molecule has 0 aliphatic carbocycles. The maximum Gasteiger partial charge on any atom is 0.225 e. The number of ether oxygens (including phenoxy) is 1. The van der Waals surface area contributed by atoms with Gasteiger partial charge in [0.15, 0.2) is 0 Å². The van der Waals surface area contributed by atoms with E-state index in [0.29, 0.717) is 19.0 Å². The second-order valence-electron chi connectivity index (χ2n) is 6.11. The van der Waals surface area contributed by atoms with E-state index in [2.05, 4.69) is 5.32 Å². The van der Waals surface area contributed by atoms with Crippen molar-refractivity contribution in [1.82, 2.24) is 10.2 Å². The highest BCUT2D eigenvalue weighted by Crippen LogP contribution is 2.25. The van der Waals surface area contributed by atoms with E-state index in [1.807, 2.05) is 25.7 Å². The molecule has 5 nitrogen and oxygen atoms in total. The molecule has 0 aromatic heterocycles. The molecule has 2 unspecified atom stereocenters. The lowest BCUT2D eigenvalue weighted by Gasteiger charge is -2.44. The van der Waals surface area contributed by atoms with Crippen molar-refractivity contribution in [2.75, 3.05) is 32.8 Å². The molecule has 0 bridgehead atoms. The fourth-order valence-electron chi connectivity index (χ4n) is 2.71. The van der Waals surface area contributed by atoms with E-state index in [1.54, 1.807) is 0 Å². The zero-order chi connectivity index (χ0) is 13.3. The van der Waals surface area contributed by atoms with E-state index < -0.39 is 0 Å². The van der Waals surface area contributed by atoms with E-state index in [9.17, 15) is 9.90 Å². The average Bonchev–Trinajstić information content (AvgIpc) is 2.23. The van der Waals surface area contributed by atoms with Crippen molar-refractivity contribution in [2.45, 2.75) is 32.5 Å². The third-order valence-corrected chi connectivity index (χ3v) is 3.91. The van der Waals surface area contributed by atoms with Gasteiger partial charge in [-0.1, -0.05) is 6.92 Å². The van der Waals surface area contributed by atoms with E-state index in [0.717, 1.165) is 13.1 Å². The predicted octanol–water partition coefficient (Wildman–Crippen LogP) is -0.160. The lowest BCUT2D eigenvalue weighted by Crippen LogP contribution is -2.58. The van der Waals surface area contributed by atoms with Gasteiger partial charge in [0.25, 0.3) is 0 Å². The standard InChI is InChI=1S/C13H24N2O3/c1-9(10-4-14-5-10)12(17)15-6-11(7-16)18-13(2,3)8-15/h9-11,14,16H,4-8H2,1-3H3. The van der Waals surface area contributed by atoms with Gasteiger partial charge in [-0.2, -0.15) is 0 Å². The molecule has 0 aromatic carbocycles. The predicted molar refractivity (Wildman–Crippen MR) is 68.1 cm³/mol. The van der Waals surface area contributed by atoms with Crippen LogP contribution in [0.15, 0.2) is 0 Å². The maximum atomic E-state index is 12.4. The molecule has 0 spiro atoms. The summed E-state index contributed by atoms with van der Waals surface area (Å²) >= 11 is 0. The number of aliphatic hydroxyl groups excluding tert-OH is 1. The summed E-state index contributed by atoms with van der Waals surface area (Å²) in [7, 11) is 0. The molecule has 2 aliphatic heterocycles. The number of rotatable bonds is 3. The molecule has 2 rings (SSSR count). The first-order valence-electron chi connectivity index (χ1n) is 6.71. The topological polar surface area (TPSA) is 61.8 Å². The number of hydrogen-bond acceptors (Lipinski definition) is 4. The van der Waals surface area contributed by atoms with E-state index >= 15 is 0 Å². The summed E-state index contributed by atoms with van der Waals surface area (Å²) in [5.74, 6) is 0.701. The Hall–Kier alpha value is -0.650. The lowest BCUT2D eigenvalue weighted by molar-refractivity contribution is -0.171. The van der Waals surface area contributed by atoms with Gasteiger partial charge in [-0.3, -0.25) is 4.79 Å². The summed E-state index contributed by atoms with van der Waals surface area (Å²) in [4.78, 5) is 14.3. The molecule has 1 amide bonds. The maximum absolute atomic E-state index is 12.4. The minimum Gasteiger partial charge on any atom is -0.394 e. The highest BCUT2D eigenvalue weighted by molar-refractivity contribution is 5.79. The Morgan fingerprint density at radius 2 is 2.22 bits per heavy atom. The van der Waals surface area contributed by atoms with Crippen LogP contribution >= 0.6 is 0 Å². The number of nitrogens with zero attached hydrogens (tertiary/aromatic N) is 1. The normalized spacial score (nSPS) is 29.8. The molecule has 0 aromatic rings. The fourth-order valence-corrected chi connectivity index (χ4v) is 2.71. The van der Waals surface area contributed by atoms with Gasteiger partial charge in [0.1, 0.15) is 0 Å². The Kier molecular flexibility index (Phi) is 3.94. The van der Waals surface area contributed by atoms with Crippen LogP contribution in [0.25, 0.3) is 0 Å². The Bertz CT molecular complexity index is 315. The number of hydrogen-bond donors (Lipinski definition) is 2. The highest BCUT2D eigenvalue weighted by atomic mass is 16.5. The first kappa shape index (κ1) is 13.8. The van der Waals surface area contributed by atoms with Crippen LogP contribution in [0.5, 0.6) is 0 Å². The fraction of sp³-hybridized carbons (Fsp3) is 0.923. The van der Waals surface area contributed by atoms with Crippen molar-refractivity contribution >= 4 is 5.91 Å². The lowest BCUT2D eigenvalue weighted by atomic mass is 9.87. The van der Waals surface area contributed by atoms with Gasteiger partial charge >= 0.3 is 0 Å². The number of nitrogens with one attached hydrogen (secondary N) is 1. The van der Waals surface area contributed by atoms with E-state index in [-0.39, 0.29) is 30.1 Å². The van der Waals surface area contributed by atoms with Crippen LogP contribution < -0.4 is 5.32 Å².